The topological polar surface area (TPSA) is 92.9 Å². The Morgan fingerprint density at radius 1 is 1.39 bits per heavy atom. The van der Waals surface area contributed by atoms with Crippen molar-refractivity contribution in [1.82, 2.24) is 9.97 Å². The lowest BCUT2D eigenvalue weighted by atomic mass is 10.0. The summed E-state index contributed by atoms with van der Waals surface area (Å²) in [5, 5.41) is 6.03. The smallest absolute Gasteiger partial charge is 0.240 e. The first-order valence-corrected chi connectivity index (χ1v) is 6.09. The molecule has 0 aliphatic heterocycles. The van der Waals surface area contributed by atoms with Gasteiger partial charge in [-0.1, -0.05) is 20.8 Å². The Bertz CT molecular complexity index is 397. The molecule has 1 heterocycles. The Labute approximate surface area is 107 Å². The first-order valence-electron chi connectivity index (χ1n) is 6.09. The highest BCUT2D eigenvalue weighted by atomic mass is 16.1. The summed E-state index contributed by atoms with van der Waals surface area (Å²) in [6.45, 7) is 5.85. The fraction of sp³-hybridized carbons (Fsp3) is 0.583. The van der Waals surface area contributed by atoms with Crippen molar-refractivity contribution in [3.63, 3.8) is 0 Å². The molecule has 1 rings (SSSR count). The zero-order valence-corrected chi connectivity index (χ0v) is 11.3. The van der Waals surface area contributed by atoms with Crippen LogP contribution in [-0.4, -0.2) is 29.0 Å². The van der Waals surface area contributed by atoms with E-state index >= 15 is 0 Å². The van der Waals surface area contributed by atoms with E-state index in [4.69, 9.17) is 5.73 Å². The van der Waals surface area contributed by atoms with E-state index in [2.05, 4.69) is 20.6 Å². The predicted molar refractivity (Wildman–Crippen MR) is 72.4 cm³/mol. The third-order valence-electron chi connectivity index (χ3n) is 2.62. The molecule has 0 saturated carbocycles. The number of carbonyl (C=O) groups is 1. The molecule has 0 saturated heterocycles. The second-order valence-electron chi connectivity index (χ2n) is 4.43. The lowest BCUT2D eigenvalue weighted by Gasteiger charge is -2.20. The molecule has 1 atom stereocenters. The molecular weight excluding hydrogens is 230 g/mol. The number of aromatic nitrogens is 2. The van der Waals surface area contributed by atoms with Gasteiger partial charge in [0.1, 0.15) is 23.5 Å². The predicted octanol–water partition coefficient (Wildman–Crippen LogP) is 1.00. The number of carbonyl (C=O) groups excluding carboxylic acids is 1. The molecule has 0 aromatic carbocycles. The van der Waals surface area contributed by atoms with Gasteiger partial charge in [-0.15, -0.1) is 0 Å². The van der Waals surface area contributed by atoms with E-state index in [0.717, 1.165) is 18.1 Å². The van der Waals surface area contributed by atoms with E-state index in [1.807, 2.05) is 20.8 Å². The molecule has 0 spiro atoms. The molecule has 0 fully saturated rings. The van der Waals surface area contributed by atoms with E-state index in [9.17, 15) is 4.79 Å². The van der Waals surface area contributed by atoms with Crippen molar-refractivity contribution >= 4 is 17.5 Å². The van der Waals surface area contributed by atoms with Crippen LogP contribution in [0.15, 0.2) is 6.07 Å². The van der Waals surface area contributed by atoms with Gasteiger partial charge in [-0.05, 0) is 5.92 Å². The van der Waals surface area contributed by atoms with Gasteiger partial charge in [-0.2, -0.15) is 0 Å². The molecule has 1 amide bonds. The summed E-state index contributed by atoms with van der Waals surface area (Å²) in [5.74, 6) is 1.77. The number of rotatable bonds is 6. The van der Waals surface area contributed by atoms with Crippen molar-refractivity contribution in [3.05, 3.63) is 11.9 Å². The van der Waals surface area contributed by atoms with Crippen LogP contribution >= 0.6 is 0 Å². The SMILES string of the molecule is CCc1nc(NC)cc(NC(C(N)=O)C(C)C)n1. The van der Waals surface area contributed by atoms with Gasteiger partial charge in [0, 0.05) is 19.5 Å². The summed E-state index contributed by atoms with van der Waals surface area (Å²) < 4.78 is 0. The molecule has 1 aromatic heterocycles. The molecule has 0 radical (unpaired) electrons. The average Bonchev–Trinajstić information content (AvgIpc) is 2.34. The molecule has 1 aromatic rings. The van der Waals surface area contributed by atoms with Crippen LogP contribution in [0.2, 0.25) is 0 Å². The Morgan fingerprint density at radius 2 is 2.00 bits per heavy atom. The zero-order valence-electron chi connectivity index (χ0n) is 11.3. The van der Waals surface area contributed by atoms with Gasteiger partial charge in [0.25, 0.3) is 0 Å². The maximum Gasteiger partial charge on any atom is 0.240 e. The third kappa shape index (κ3) is 3.58. The maximum absolute atomic E-state index is 11.4. The number of nitrogens with zero attached hydrogens (tertiary/aromatic N) is 2. The van der Waals surface area contributed by atoms with Gasteiger partial charge in [-0.25, -0.2) is 9.97 Å². The molecule has 0 aliphatic rings. The highest BCUT2D eigenvalue weighted by Gasteiger charge is 2.20. The second-order valence-corrected chi connectivity index (χ2v) is 4.43. The normalized spacial score (nSPS) is 12.3. The van der Waals surface area contributed by atoms with Gasteiger partial charge in [0.05, 0.1) is 0 Å². The van der Waals surface area contributed by atoms with Crippen LogP contribution in [0.1, 0.15) is 26.6 Å². The number of aryl methyl sites for hydroxylation is 1. The number of hydrogen-bond acceptors (Lipinski definition) is 5. The van der Waals surface area contributed by atoms with E-state index < -0.39 is 6.04 Å². The average molecular weight is 251 g/mol. The molecule has 4 N–H and O–H groups in total. The van der Waals surface area contributed by atoms with Gasteiger partial charge >= 0.3 is 0 Å². The minimum absolute atomic E-state index is 0.0978. The zero-order chi connectivity index (χ0) is 13.7. The second kappa shape index (κ2) is 6.18. The minimum Gasteiger partial charge on any atom is -0.373 e. The first kappa shape index (κ1) is 14.2. The van der Waals surface area contributed by atoms with Crippen molar-refractivity contribution in [3.8, 4) is 0 Å². The van der Waals surface area contributed by atoms with Crippen molar-refractivity contribution in [2.75, 3.05) is 17.7 Å². The Hall–Kier alpha value is -1.85. The summed E-state index contributed by atoms with van der Waals surface area (Å²) in [5.41, 5.74) is 5.37. The van der Waals surface area contributed by atoms with Gasteiger partial charge in [0.2, 0.25) is 5.91 Å². The molecule has 100 valence electrons. The molecule has 18 heavy (non-hydrogen) atoms. The fourth-order valence-corrected chi connectivity index (χ4v) is 1.58. The molecule has 6 nitrogen and oxygen atoms in total. The van der Waals surface area contributed by atoms with Crippen molar-refractivity contribution in [1.29, 1.82) is 0 Å². The highest BCUT2D eigenvalue weighted by molar-refractivity contribution is 5.83. The Balaban J connectivity index is 2.98. The van der Waals surface area contributed by atoms with Crippen molar-refractivity contribution in [2.45, 2.75) is 33.2 Å². The summed E-state index contributed by atoms with van der Waals surface area (Å²) in [7, 11) is 1.79. The standard InChI is InChI=1S/C12H21N5O/c1-5-8-15-9(14-4)6-10(16-8)17-11(7(2)3)12(13)18/h6-7,11H,5H2,1-4H3,(H2,13,18)(H2,14,15,16,17). The molecule has 0 bridgehead atoms. The van der Waals surface area contributed by atoms with Crippen LogP contribution < -0.4 is 16.4 Å². The molecule has 6 heteroatoms. The van der Waals surface area contributed by atoms with Crippen LogP contribution in [-0.2, 0) is 11.2 Å². The highest BCUT2D eigenvalue weighted by Crippen LogP contribution is 2.14. The lowest BCUT2D eigenvalue weighted by Crippen LogP contribution is -2.39. The number of primary amides is 1. The minimum atomic E-state index is -0.436. The maximum atomic E-state index is 11.4. The van der Waals surface area contributed by atoms with Crippen LogP contribution in [0.3, 0.4) is 0 Å². The summed E-state index contributed by atoms with van der Waals surface area (Å²) in [6, 6.07) is 1.33. The van der Waals surface area contributed by atoms with Crippen LogP contribution in [0.5, 0.6) is 0 Å². The van der Waals surface area contributed by atoms with E-state index in [-0.39, 0.29) is 11.8 Å². The lowest BCUT2D eigenvalue weighted by molar-refractivity contribution is -0.119. The van der Waals surface area contributed by atoms with Crippen LogP contribution in [0.25, 0.3) is 0 Å². The Morgan fingerprint density at radius 3 is 2.44 bits per heavy atom. The Kier molecular flexibility index (Phi) is 4.88. The first-order chi connectivity index (χ1) is 8.47. The van der Waals surface area contributed by atoms with Gasteiger partial charge in [0.15, 0.2) is 0 Å². The number of hydrogen-bond donors (Lipinski definition) is 3. The quantitative estimate of drug-likeness (QED) is 0.701. The largest absolute Gasteiger partial charge is 0.373 e. The third-order valence-corrected chi connectivity index (χ3v) is 2.62. The summed E-state index contributed by atoms with van der Waals surface area (Å²) in [6.07, 6.45) is 0.729. The number of nitrogens with two attached hydrogens (primary N) is 1. The van der Waals surface area contributed by atoms with Crippen molar-refractivity contribution in [2.24, 2.45) is 11.7 Å². The van der Waals surface area contributed by atoms with E-state index in [1.165, 1.54) is 0 Å². The fourth-order valence-electron chi connectivity index (χ4n) is 1.58. The van der Waals surface area contributed by atoms with E-state index in [1.54, 1.807) is 13.1 Å². The summed E-state index contributed by atoms with van der Waals surface area (Å²) in [4.78, 5) is 20.0. The number of nitrogens with one attached hydrogen (secondary N) is 2. The van der Waals surface area contributed by atoms with Gasteiger partial charge < -0.3 is 16.4 Å². The van der Waals surface area contributed by atoms with Gasteiger partial charge in [-0.3, -0.25) is 4.79 Å². The van der Waals surface area contributed by atoms with E-state index in [0.29, 0.717) is 5.82 Å². The molecule has 1 unspecified atom stereocenters. The summed E-state index contributed by atoms with van der Waals surface area (Å²) >= 11 is 0. The van der Waals surface area contributed by atoms with Crippen LogP contribution in [0, 0.1) is 5.92 Å². The van der Waals surface area contributed by atoms with Crippen LogP contribution in [0.4, 0.5) is 11.6 Å². The number of amides is 1. The molecular formula is C12H21N5O. The monoisotopic (exact) mass is 251 g/mol. The number of anilines is 2. The van der Waals surface area contributed by atoms with Crippen molar-refractivity contribution < 1.29 is 4.79 Å². The molecule has 0 aliphatic carbocycles.